The first kappa shape index (κ1) is 19.5. The zero-order chi connectivity index (χ0) is 19.6. The minimum atomic E-state index is 0.136. The van der Waals surface area contributed by atoms with Gasteiger partial charge in [-0.3, -0.25) is 4.79 Å². The second-order valence-electron chi connectivity index (χ2n) is 7.35. The smallest absolute Gasteiger partial charge is 0.251 e. The molecule has 0 aromatic carbocycles. The minimum absolute atomic E-state index is 0.136. The molecule has 1 fully saturated rings. The number of carbonyl (C=O) groups is 1. The van der Waals surface area contributed by atoms with Crippen LogP contribution in [0.4, 0.5) is 0 Å². The Kier molecular flexibility index (Phi) is 5.89. The van der Waals surface area contributed by atoms with Gasteiger partial charge >= 0.3 is 0 Å². The molecule has 2 aromatic rings. The van der Waals surface area contributed by atoms with Gasteiger partial charge in [0.2, 0.25) is 5.91 Å². The maximum absolute atomic E-state index is 12.9. The molecule has 7 heteroatoms. The van der Waals surface area contributed by atoms with E-state index in [4.69, 9.17) is 4.74 Å². The number of rotatable bonds is 6. The molecule has 1 aliphatic rings. The van der Waals surface area contributed by atoms with Crippen molar-refractivity contribution in [2.24, 2.45) is 5.92 Å². The first-order chi connectivity index (χ1) is 12.9. The zero-order valence-electron chi connectivity index (χ0n) is 16.9. The van der Waals surface area contributed by atoms with Crippen molar-refractivity contribution in [2.45, 2.75) is 47.5 Å². The van der Waals surface area contributed by atoms with Crippen molar-refractivity contribution >= 4 is 5.91 Å². The molecular weight excluding hydrogens is 342 g/mol. The van der Waals surface area contributed by atoms with Gasteiger partial charge in [0.25, 0.3) is 5.95 Å². The molecule has 7 nitrogen and oxygen atoms in total. The van der Waals surface area contributed by atoms with E-state index in [0.717, 1.165) is 54.5 Å². The quantitative estimate of drug-likeness (QED) is 0.779. The largest absolute Gasteiger partial charge is 0.381 e. The van der Waals surface area contributed by atoms with Crippen molar-refractivity contribution in [3.05, 3.63) is 34.4 Å². The predicted molar refractivity (Wildman–Crippen MR) is 103 cm³/mol. The van der Waals surface area contributed by atoms with Crippen molar-refractivity contribution in [3.8, 4) is 5.95 Å². The molecule has 0 spiro atoms. The van der Waals surface area contributed by atoms with Gasteiger partial charge in [0.1, 0.15) is 0 Å². The Hall–Kier alpha value is -2.28. The van der Waals surface area contributed by atoms with E-state index < -0.39 is 0 Å². The number of aromatic nitrogens is 4. The third kappa shape index (κ3) is 4.35. The molecule has 1 amide bonds. The Morgan fingerprint density at radius 2 is 1.96 bits per heavy atom. The molecule has 27 heavy (non-hydrogen) atoms. The van der Waals surface area contributed by atoms with Gasteiger partial charge in [0, 0.05) is 48.3 Å². The van der Waals surface area contributed by atoms with Crippen LogP contribution in [0.5, 0.6) is 0 Å². The van der Waals surface area contributed by atoms with E-state index in [1.54, 1.807) is 4.68 Å². The summed E-state index contributed by atoms with van der Waals surface area (Å²) in [4.78, 5) is 23.8. The third-order valence-electron chi connectivity index (χ3n) is 5.17. The van der Waals surface area contributed by atoms with Crippen LogP contribution in [0.2, 0.25) is 0 Å². The molecule has 146 valence electrons. The summed E-state index contributed by atoms with van der Waals surface area (Å²) in [7, 11) is 0. The molecule has 1 unspecified atom stereocenters. The number of hydrogen-bond donors (Lipinski definition) is 0. The summed E-state index contributed by atoms with van der Waals surface area (Å²) in [5.41, 5.74) is 4.54. The lowest BCUT2D eigenvalue weighted by Gasteiger charge is -2.24. The second kappa shape index (κ2) is 8.17. The van der Waals surface area contributed by atoms with E-state index in [0.29, 0.717) is 24.8 Å². The summed E-state index contributed by atoms with van der Waals surface area (Å²) >= 11 is 0. The van der Waals surface area contributed by atoms with Crippen molar-refractivity contribution in [1.29, 1.82) is 0 Å². The maximum Gasteiger partial charge on any atom is 0.251 e. The average Bonchev–Trinajstić information content (AvgIpc) is 3.22. The van der Waals surface area contributed by atoms with E-state index in [9.17, 15) is 4.79 Å². The van der Waals surface area contributed by atoms with E-state index in [1.807, 2.05) is 45.6 Å². The molecule has 3 heterocycles. The van der Waals surface area contributed by atoms with Crippen molar-refractivity contribution < 1.29 is 9.53 Å². The highest BCUT2D eigenvalue weighted by Crippen LogP contribution is 2.19. The highest BCUT2D eigenvalue weighted by Gasteiger charge is 2.24. The Bertz CT molecular complexity index is 804. The number of ether oxygens (including phenoxy) is 1. The lowest BCUT2D eigenvalue weighted by atomic mass is 10.1. The van der Waals surface area contributed by atoms with Crippen LogP contribution < -0.4 is 0 Å². The summed E-state index contributed by atoms with van der Waals surface area (Å²) in [5.74, 6) is 1.14. The second-order valence-corrected chi connectivity index (χ2v) is 7.35. The van der Waals surface area contributed by atoms with E-state index >= 15 is 0 Å². The highest BCUT2D eigenvalue weighted by molar-refractivity contribution is 5.79. The van der Waals surface area contributed by atoms with Gasteiger partial charge in [0.05, 0.1) is 18.7 Å². The number of amides is 1. The molecule has 1 atom stereocenters. The molecule has 0 bridgehead atoms. The van der Waals surface area contributed by atoms with Crippen LogP contribution in [0.25, 0.3) is 5.95 Å². The van der Waals surface area contributed by atoms with Crippen LogP contribution >= 0.6 is 0 Å². The summed E-state index contributed by atoms with van der Waals surface area (Å²) in [6.45, 7) is 12.9. The van der Waals surface area contributed by atoms with Gasteiger partial charge in [0.15, 0.2) is 0 Å². The zero-order valence-corrected chi connectivity index (χ0v) is 16.9. The fourth-order valence-corrected chi connectivity index (χ4v) is 3.64. The van der Waals surface area contributed by atoms with Gasteiger partial charge in [-0.05, 0) is 47.1 Å². The number of aryl methyl sites for hydroxylation is 3. The highest BCUT2D eigenvalue weighted by atomic mass is 16.5. The summed E-state index contributed by atoms with van der Waals surface area (Å²) in [5, 5.41) is 4.61. The topological polar surface area (TPSA) is 73.1 Å². The Morgan fingerprint density at radius 3 is 2.56 bits per heavy atom. The first-order valence-electron chi connectivity index (χ1n) is 9.62. The molecule has 1 aliphatic heterocycles. The standard InChI is InChI=1S/C20H29N5O2/c1-6-24(11-17-7-8-27-12-17)19(26)10-18-15(4)23-25(16(18)5)20-21-13(2)9-14(3)22-20/h9,17H,6-8,10-12H2,1-5H3. The Labute approximate surface area is 160 Å². The number of carbonyl (C=O) groups excluding carboxylic acids is 1. The average molecular weight is 371 g/mol. The predicted octanol–water partition coefficient (Wildman–Crippen LogP) is 2.32. The summed E-state index contributed by atoms with van der Waals surface area (Å²) < 4.78 is 7.19. The van der Waals surface area contributed by atoms with Crippen LogP contribution in [0.3, 0.4) is 0 Å². The molecular formula is C20H29N5O2. The molecule has 0 N–H and O–H groups in total. The van der Waals surface area contributed by atoms with Crippen LogP contribution in [-0.2, 0) is 16.0 Å². The molecule has 0 saturated carbocycles. The van der Waals surface area contributed by atoms with Crippen LogP contribution in [-0.4, -0.2) is 56.9 Å². The SMILES string of the molecule is CCN(CC1CCOC1)C(=O)Cc1c(C)nn(-c2nc(C)cc(C)n2)c1C. The summed E-state index contributed by atoms with van der Waals surface area (Å²) in [6, 6.07) is 1.94. The molecule has 2 aromatic heterocycles. The van der Waals surface area contributed by atoms with Gasteiger partial charge in [-0.2, -0.15) is 5.10 Å². The normalized spacial score (nSPS) is 16.7. The van der Waals surface area contributed by atoms with E-state index in [1.165, 1.54) is 0 Å². The van der Waals surface area contributed by atoms with Crippen LogP contribution in [0, 0.1) is 33.6 Å². The number of likely N-dealkylation sites (N-methyl/N-ethyl adjacent to an activating group) is 1. The number of nitrogens with zero attached hydrogens (tertiary/aromatic N) is 5. The van der Waals surface area contributed by atoms with Crippen LogP contribution in [0.1, 0.15) is 41.7 Å². The van der Waals surface area contributed by atoms with Gasteiger partial charge < -0.3 is 9.64 Å². The van der Waals surface area contributed by atoms with Crippen molar-refractivity contribution in [1.82, 2.24) is 24.6 Å². The van der Waals surface area contributed by atoms with E-state index in [-0.39, 0.29) is 5.91 Å². The Morgan fingerprint density at radius 1 is 1.26 bits per heavy atom. The number of hydrogen-bond acceptors (Lipinski definition) is 5. The van der Waals surface area contributed by atoms with Gasteiger partial charge in [-0.15, -0.1) is 0 Å². The monoisotopic (exact) mass is 371 g/mol. The Balaban J connectivity index is 1.80. The minimum Gasteiger partial charge on any atom is -0.381 e. The molecule has 1 saturated heterocycles. The van der Waals surface area contributed by atoms with Crippen molar-refractivity contribution in [2.75, 3.05) is 26.3 Å². The third-order valence-corrected chi connectivity index (χ3v) is 5.17. The molecule has 3 rings (SSSR count). The maximum atomic E-state index is 12.9. The fourth-order valence-electron chi connectivity index (χ4n) is 3.64. The fraction of sp³-hybridized carbons (Fsp3) is 0.600. The van der Waals surface area contributed by atoms with Gasteiger partial charge in [-0.1, -0.05) is 0 Å². The lowest BCUT2D eigenvalue weighted by Crippen LogP contribution is -2.36. The lowest BCUT2D eigenvalue weighted by molar-refractivity contribution is -0.130. The summed E-state index contributed by atoms with van der Waals surface area (Å²) in [6.07, 6.45) is 1.38. The first-order valence-corrected chi connectivity index (χ1v) is 9.62. The van der Waals surface area contributed by atoms with Gasteiger partial charge in [-0.25, -0.2) is 14.6 Å². The molecule has 0 radical (unpaired) electrons. The van der Waals surface area contributed by atoms with E-state index in [2.05, 4.69) is 15.1 Å². The van der Waals surface area contributed by atoms with Crippen LogP contribution in [0.15, 0.2) is 6.07 Å². The molecule has 0 aliphatic carbocycles. The van der Waals surface area contributed by atoms with Crippen molar-refractivity contribution in [3.63, 3.8) is 0 Å².